The van der Waals surface area contributed by atoms with Gasteiger partial charge in [0.15, 0.2) is 0 Å². The Morgan fingerprint density at radius 2 is 0.878 bits per heavy atom. The Labute approximate surface area is 242 Å². The highest BCUT2D eigenvalue weighted by Gasteiger charge is 2.20. The van der Waals surface area contributed by atoms with Gasteiger partial charge in [-0.2, -0.15) is 0 Å². The van der Waals surface area contributed by atoms with E-state index in [9.17, 15) is 0 Å². The summed E-state index contributed by atoms with van der Waals surface area (Å²) in [7, 11) is 0. The van der Waals surface area contributed by atoms with E-state index in [1.54, 1.807) is 0 Å². The molecule has 6 aromatic rings. The molecule has 0 spiro atoms. The Morgan fingerprint density at radius 1 is 0.439 bits per heavy atom. The first-order chi connectivity index (χ1) is 20.1. The van der Waals surface area contributed by atoms with Gasteiger partial charge in [0, 0.05) is 33.9 Å². The van der Waals surface area contributed by atoms with Crippen LogP contribution >= 0.6 is 0 Å². The van der Waals surface area contributed by atoms with Gasteiger partial charge >= 0.3 is 0 Å². The molecular weight excluding hydrogens is 496 g/mol. The maximum Gasteiger partial charge on any atom is 0.0466 e. The molecule has 6 aromatic carbocycles. The van der Waals surface area contributed by atoms with Gasteiger partial charge in [0.2, 0.25) is 0 Å². The van der Waals surface area contributed by atoms with Crippen LogP contribution in [0.25, 0.3) is 33.4 Å². The quantitative estimate of drug-likeness (QED) is 0.224. The summed E-state index contributed by atoms with van der Waals surface area (Å²) < 4.78 is 0. The summed E-state index contributed by atoms with van der Waals surface area (Å²) in [6.07, 6.45) is 0.925. The third-order valence-electron chi connectivity index (χ3n) is 8.11. The van der Waals surface area contributed by atoms with Crippen LogP contribution in [0.3, 0.4) is 0 Å². The summed E-state index contributed by atoms with van der Waals surface area (Å²) in [6.45, 7) is 4.36. The first-order valence-electron chi connectivity index (χ1n) is 14.2. The molecule has 1 aliphatic rings. The van der Waals surface area contributed by atoms with E-state index in [1.807, 2.05) is 0 Å². The number of anilines is 4. The summed E-state index contributed by atoms with van der Waals surface area (Å²) in [5, 5.41) is 7.45. The fraction of sp³-hybridized carbons (Fsp3) is 0.0769. The molecule has 0 atom stereocenters. The second kappa shape index (κ2) is 10.5. The Morgan fingerprint density at radius 3 is 1.32 bits per heavy atom. The van der Waals surface area contributed by atoms with Gasteiger partial charge < -0.3 is 10.6 Å². The monoisotopic (exact) mass is 528 g/mol. The van der Waals surface area contributed by atoms with Gasteiger partial charge in [0.1, 0.15) is 0 Å². The predicted octanol–water partition coefficient (Wildman–Crippen LogP) is 10.7. The van der Waals surface area contributed by atoms with Crippen LogP contribution in [0.4, 0.5) is 22.7 Å². The van der Waals surface area contributed by atoms with Crippen LogP contribution in [0.15, 0.2) is 133 Å². The van der Waals surface area contributed by atoms with E-state index in [1.165, 1.54) is 55.6 Å². The van der Waals surface area contributed by atoms with E-state index < -0.39 is 0 Å². The minimum Gasteiger partial charge on any atom is -0.355 e. The molecule has 0 saturated heterocycles. The van der Waals surface area contributed by atoms with Gasteiger partial charge in [0.25, 0.3) is 0 Å². The van der Waals surface area contributed by atoms with Crippen molar-refractivity contribution >= 4 is 22.7 Å². The number of benzene rings is 6. The Kier molecular flexibility index (Phi) is 6.37. The van der Waals surface area contributed by atoms with Crippen molar-refractivity contribution in [3.05, 3.63) is 156 Å². The third kappa shape index (κ3) is 4.79. The number of fused-ring (bicyclic) bond motifs is 3. The summed E-state index contributed by atoms with van der Waals surface area (Å²) >= 11 is 0. The number of hydrogen-bond donors (Lipinski definition) is 2. The molecule has 0 bridgehead atoms. The lowest BCUT2D eigenvalue weighted by Gasteiger charge is -2.16. The van der Waals surface area contributed by atoms with E-state index in [4.69, 9.17) is 0 Å². The van der Waals surface area contributed by atoms with Gasteiger partial charge in [-0.1, -0.05) is 97.1 Å². The highest BCUT2D eigenvalue weighted by Crippen LogP contribution is 2.41. The van der Waals surface area contributed by atoms with Crippen LogP contribution in [0.1, 0.15) is 22.3 Å². The smallest absolute Gasteiger partial charge is 0.0466 e. The van der Waals surface area contributed by atoms with E-state index in [-0.39, 0.29) is 0 Å². The van der Waals surface area contributed by atoms with E-state index in [0.29, 0.717) is 0 Å². The molecular formula is C39H32N2. The molecule has 0 amide bonds. The number of nitrogens with one attached hydrogen (secondary N) is 2. The summed E-state index contributed by atoms with van der Waals surface area (Å²) in [5.74, 6) is 0. The molecule has 198 valence electrons. The van der Waals surface area contributed by atoms with Crippen molar-refractivity contribution in [3.63, 3.8) is 0 Å². The van der Waals surface area contributed by atoms with Crippen molar-refractivity contribution in [1.29, 1.82) is 0 Å². The van der Waals surface area contributed by atoms with Crippen LogP contribution in [0, 0.1) is 13.8 Å². The zero-order chi connectivity index (χ0) is 27.8. The van der Waals surface area contributed by atoms with Crippen molar-refractivity contribution in [1.82, 2.24) is 0 Å². The molecule has 41 heavy (non-hydrogen) atoms. The first-order valence-corrected chi connectivity index (χ1v) is 14.2. The number of aryl methyl sites for hydroxylation is 2. The molecule has 0 unspecified atom stereocenters. The Balaban J connectivity index is 1.16. The molecule has 7 rings (SSSR count). The van der Waals surface area contributed by atoms with Gasteiger partial charge in [-0.05, 0) is 101 Å². The zero-order valence-electron chi connectivity index (χ0n) is 23.4. The first kappa shape index (κ1) is 24.9. The van der Waals surface area contributed by atoms with Gasteiger partial charge in [-0.3, -0.25) is 0 Å². The van der Waals surface area contributed by atoms with Crippen molar-refractivity contribution in [2.45, 2.75) is 20.3 Å². The van der Waals surface area contributed by atoms with Crippen molar-refractivity contribution in [2.75, 3.05) is 10.6 Å². The average molecular weight is 529 g/mol. The Hall–Kier alpha value is -5.08. The fourth-order valence-electron chi connectivity index (χ4n) is 6.20. The van der Waals surface area contributed by atoms with Crippen molar-refractivity contribution in [2.24, 2.45) is 0 Å². The van der Waals surface area contributed by atoms with Gasteiger partial charge in [-0.25, -0.2) is 0 Å². The molecule has 0 aromatic heterocycles. The van der Waals surface area contributed by atoms with Crippen LogP contribution in [-0.4, -0.2) is 0 Å². The maximum absolute atomic E-state index is 3.73. The van der Waals surface area contributed by atoms with Crippen LogP contribution in [0.2, 0.25) is 0 Å². The largest absolute Gasteiger partial charge is 0.355 e. The van der Waals surface area contributed by atoms with Gasteiger partial charge in [-0.15, -0.1) is 0 Å². The molecule has 2 heteroatoms. The lowest BCUT2D eigenvalue weighted by atomic mass is 9.98. The predicted molar refractivity (Wildman–Crippen MR) is 174 cm³/mol. The van der Waals surface area contributed by atoms with Crippen molar-refractivity contribution in [3.8, 4) is 33.4 Å². The molecule has 1 aliphatic carbocycles. The molecule has 0 radical (unpaired) electrons. The van der Waals surface area contributed by atoms with Crippen LogP contribution < -0.4 is 10.6 Å². The second-order valence-electron chi connectivity index (χ2n) is 10.9. The highest BCUT2D eigenvalue weighted by molar-refractivity contribution is 5.87. The van der Waals surface area contributed by atoms with Crippen LogP contribution in [-0.2, 0) is 6.42 Å². The second-order valence-corrected chi connectivity index (χ2v) is 10.9. The lowest BCUT2D eigenvalue weighted by Crippen LogP contribution is -1.96. The van der Waals surface area contributed by atoms with Crippen LogP contribution in [0.5, 0.6) is 0 Å². The van der Waals surface area contributed by atoms with Gasteiger partial charge in [0.05, 0.1) is 0 Å². The number of rotatable bonds is 6. The molecule has 0 fully saturated rings. The van der Waals surface area contributed by atoms with E-state index >= 15 is 0 Å². The fourth-order valence-corrected chi connectivity index (χ4v) is 6.20. The molecule has 0 aliphatic heterocycles. The molecule has 0 saturated carbocycles. The SMILES string of the molecule is Cc1cccc(Nc2ccc3c(c2)Cc2cc(Nc4cccc(C)c4-c4ccccc4)ccc2-3)c1-c1ccccc1. The summed E-state index contributed by atoms with van der Waals surface area (Å²) in [5.41, 5.74) is 17.3. The highest BCUT2D eigenvalue weighted by atomic mass is 14.9. The molecule has 0 heterocycles. The van der Waals surface area contributed by atoms with E-state index in [0.717, 1.165) is 29.2 Å². The zero-order valence-corrected chi connectivity index (χ0v) is 23.4. The maximum atomic E-state index is 3.73. The normalized spacial score (nSPS) is 11.6. The number of hydrogen-bond acceptors (Lipinski definition) is 2. The van der Waals surface area contributed by atoms with E-state index in [2.05, 4.69) is 158 Å². The standard InChI is InChI=1S/C39H32N2/c1-26-11-9-17-36(38(26)28-13-5-3-6-14-28)40-32-19-21-34-30(24-32)23-31-25-33(20-22-35(31)34)41-37-18-10-12-27(2)39(37)29-15-7-4-8-16-29/h3-22,24-25,40-41H,23H2,1-2H3. The Bertz CT molecular complexity index is 1730. The third-order valence-corrected chi connectivity index (χ3v) is 8.11. The minimum atomic E-state index is 0.925. The average Bonchev–Trinajstić information content (AvgIpc) is 3.35. The molecule has 2 N–H and O–H groups in total. The topological polar surface area (TPSA) is 24.1 Å². The molecule has 2 nitrogen and oxygen atoms in total. The lowest BCUT2D eigenvalue weighted by molar-refractivity contribution is 1.26. The van der Waals surface area contributed by atoms with Crippen molar-refractivity contribution < 1.29 is 0 Å². The minimum absolute atomic E-state index is 0.925. The summed E-state index contributed by atoms with van der Waals surface area (Å²) in [4.78, 5) is 0. The summed E-state index contributed by atoms with van der Waals surface area (Å²) in [6, 6.07) is 47.8.